The largest absolute Gasteiger partial charge is 0.356 e. The Bertz CT molecular complexity index is 680. The molecule has 3 heteroatoms. The summed E-state index contributed by atoms with van der Waals surface area (Å²) in [5.41, 5.74) is 0. The van der Waals surface area contributed by atoms with Crippen LogP contribution >= 0.6 is 11.3 Å². The minimum atomic E-state index is 0.138. The van der Waals surface area contributed by atoms with Crippen LogP contribution in [0, 0.1) is 0 Å². The lowest BCUT2D eigenvalue weighted by Gasteiger charge is -2.02. The van der Waals surface area contributed by atoms with Crippen LogP contribution in [0.1, 0.15) is 76.0 Å². The van der Waals surface area contributed by atoms with E-state index in [1.165, 1.54) is 30.6 Å². The predicted molar refractivity (Wildman–Crippen MR) is 139 cm³/mol. The van der Waals surface area contributed by atoms with Crippen molar-refractivity contribution in [3.05, 3.63) is 83.2 Å². The first-order valence-corrected chi connectivity index (χ1v) is 12.7. The normalized spacial score (nSPS) is 12.4. The van der Waals surface area contributed by atoms with E-state index in [0.717, 1.165) is 45.1 Å². The average Bonchev–Trinajstić information content (AvgIpc) is 3.29. The number of nitrogens with one attached hydrogen (secondary N) is 1. The van der Waals surface area contributed by atoms with Gasteiger partial charge in [-0.25, -0.2) is 0 Å². The molecule has 0 unspecified atom stereocenters. The maximum atomic E-state index is 11.8. The van der Waals surface area contributed by atoms with Crippen LogP contribution in [0.3, 0.4) is 0 Å². The van der Waals surface area contributed by atoms with Crippen LogP contribution in [0.5, 0.6) is 0 Å². The first-order valence-electron chi connectivity index (χ1n) is 11.9. The molecule has 0 saturated carbocycles. The molecule has 2 nitrogen and oxygen atoms in total. The Kier molecular flexibility index (Phi) is 18.3. The highest BCUT2D eigenvalue weighted by Crippen LogP contribution is 2.08. The Morgan fingerprint density at radius 3 is 1.97 bits per heavy atom. The third kappa shape index (κ3) is 18.4. The van der Waals surface area contributed by atoms with E-state index in [9.17, 15) is 4.79 Å². The fourth-order valence-electron chi connectivity index (χ4n) is 2.91. The first-order chi connectivity index (χ1) is 15.3. The molecule has 1 aromatic heterocycles. The van der Waals surface area contributed by atoms with E-state index in [1.54, 1.807) is 11.3 Å². The van der Waals surface area contributed by atoms with Gasteiger partial charge in [0.15, 0.2) is 0 Å². The third-order valence-corrected chi connectivity index (χ3v) is 5.64. The second-order valence-corrected chi connectivity index (χ2v) is 8.55. The number of unbranched alkanes of at least 4 members (excludes halogenated alkanes) is 3. The molecule has 170 valence electrons. The minimum absolute atomic E-state index is 0.138. The number of carbonyl (C=O) groups excluding carboxylic acids is 1. The highest BCUT2D eigenvalue weighted by Gasteiger charge is 1.99. The number of thiophene rings is 1. The maximum Gasteiger partial charge on any atom is 0.220 e. The lowest BCUT2D eigenvalue weighted by molar-refractivity contribution is -0.120. The van der Waals surface area contributed by atoms with Crippen LogP contribution in [-0.4, -0.2) is 12.5 Å². The summed E-state index contributed by atoms with van der Waals surface area (Å²) in [5, 5.41) is 5.05. The van der Waals surface area contributed by atoms with Crippen LogP contribution in [0.25, 0.3) is 0 Å². The van der Waals surface area contributed by atoms with E-state index >= 15 is 0 Å². The summed E-state index contributed by atoms with van der Waals surface area (Å²) in [7, 11) is 0. The molecule has 0 aliphatic rings. The second kappa shape index (κ2) is 21.1. The smallest absolute Gasteiger partial charge is 0.220 e. The lowest BCUT2D eigenvalue weighted by Crippen LogP contribution is -2.24. The van der Waals surface area contributed by atoms with Crippen molar-refractivity contribution >= 4 is 17.2 Å². The molecule has 1 amide bonds. The van der Waals surface area contributed by atoms with Gasteiger partial charge in [0, 0.05) is 17.8 Å². The van der Waals surface area contributed by atoms with Gasteiger partial charge in [0.2, 0.25) is 5.91 Å². The van der Waals surface area contributed by atoms with E-state index in [1.807, 2.05) is 6.07 Å². The van der Waals surface area contributed by atoms with Gasteiger partial charge in [0.1, 0.15) is 0 Å². The van der Waals surface area contributed by atoms with Crippen molar-refractivity contribution in [3.63, 3.8) is 0 Å². The Hall–Kier alpha value is -2.13. The van der Waals surface area contributed by atoms with Crippen molar-refractivity contribution in [1.82, 2.24) is 5.32 Å². The summed E-state index contributed by atoms with van der Waals surface area (Å²) in [5.74, 6) is 0.138. The summed E-state index contributed by atoms with van der Waals surface area (Å²) < 4.78 is 0. The van der Waals surface area contributed by atoms with Crippen LogP contribution in [-0.2, 0) is 11.2 Å². The fraction of sp³-hybridized carbons (Fsp3) is 0.464. The van der Waals surface area contributed by atoms with Crippen LogP contribution in [0.2, 0.25) is 0 Å². The highest BCUT2D eigenvalue weighted by atomic mass is 32.1. The number of carbonyl (C=O) groups is 1. The summed E-state index contributed by atoms with van der Waals surface area (Å²) >= 11 is 1.74. The number of hydrogen-bond donors (Lipinski definition) is 1. The first kappa shape index (κ1) is 26.9. The summed E-state index contributed by atoms with van der Waals surface area (Å²) in [6.45, 7) is 2.97. The summed E-state index contributed by atoms with van der Waals surface area (Å²) in [4.78, 5) is 13.1. The van der Waals surface area contributed by atoms with Crippen molar-refractivity contribution in [2.45, 2.75) is 77.6 Å². The molecule has 31 heavy (non-hydrogen) atoms. The Morgan fingerprint density at radius 1 is 0.839 bits per heavy atom. The van der Waals surface area contributed by atoms with Crippen molar-refractivity contribution in [2.24, 2.45) is 0 Å². The molecule has 1 N–H and O–H groups in total. The minimum Gasteiger partial charge on any atom is -0.356 e. The van der Waals surface area contributed by atoms with Gasteiger partial charge >= 0.3 is 0 Å². The molecule has 0 saturated heterocycles. The standard InChI is InChI=1S/C28H41NOS/c1-2-3-4-5-6-7-8-9-10-11-12-13-14-15-16-17-18-19-20-23-28(30)29-25-24-27-22-21-26-31-27/h6-7,9-10,12-13,15-16,18-19,21-22,26H,2-5,8,11,14,17,20,23-25H2,1H3,(H,29,30)/b7-6-,10-9-,13-12-,16-15-,19-18-. The van der Waals surface area contributed by atoms with Gasteiger partial charge in [0.25, 0.3) is 0 Å². The van der Waals surface area contributed by atoms with Gasteiger partial charge < -0.3 is 5.32 Å². The number of rotatable bonds is 18. The quantitative estimate of drug-likeness (QED) is 0.182. The molecule has 0 spiro atoms. The third-order valence-electron chi connectivity index (χ3n) is 4.71. The average molecular weight is 440 g/mol. The molecular weight excluding hydrogens is 398 g/mol. The van der Waals surface area contributed by atoms with Crippen LogP contribution in [0.15, 0.2) is 78.3 Å². The zero-order valence-corrected chi connectivity index (χ0v) is 20.1. The number of hydrogen-bond acceptors (Lipinski definition) is 2. The second-order valence-electron chi connectivity index (χ2n) is 7.51. The Labute approximate surface area is 194 Å². The van der Waals surface area contributed by atoms with Crippen LogP contribution in [0.4, 0.5) is 0 Å². The molecule has 0 atom stereocenters. The van der Waals surface area contributed by atoms with E-state index in [2.05, 4.69) is 84.4 Å². The van der Waals surface area contributed by atoms with Crippen molar-refractivity contribution in [1.29, 1.82) is 0 Å². The van der Waals surface area contributed by atoms with Crippen molar-refractivity contribution in [3.8, 4) is 0 Å². The van der Waals surface area contributed by atoms with Crippen molar-refractivity contribution < 1.29 is 4.79 Å². The molecule has 1 heterocycles. The molecule has 1 rings (SSSR count). The van der Waals surface area contributed by atoms with E-state index in [0.29, 0.717) is 6.42 Å². The SMILES string of the molecule is CCCCC/C=C\C/C=C\C/C=C\C/C=C\C/C=C\CCC(=O)NCCc1cccs1. The molecule has 0 fully saturated rings. The van der Waals surface area contributed by atoms with Gasteiger partial charge in [0.05, 0.1) is 0 Å². The Morgan fingerprint density at radius 2 is 1.42 bits per heavy atom. The topological polar surface area (TPSA) is 29.1 Å². The van der Waals surface area contributed by atoms with E-state index < -0.39 is 0 Å². The summed E-state index contributed by atoms with van der Waals surface area (Å²) in [6, 6.07) is 4.15. The molecule has 0 aliphatic carbocycles. The summed E-state index contributed by atoms with van der Waals surface area (Å²) in [6.07, 6.45) is 33.5. The molecular formula is C28H41NOS. The van der Waals surface area contributed by atoms with E-state index in [-0.39, 0.29) is 5.91 Å². The molecule has 0 radical (unpaired) electrons. The molecule has 1 aromatic rings. The van der Waals surface area contributed by atoms with Gasteiger partial charge in [-0.05, 0) is 62.8 Å². The van der Waals surface area contributed by atoms with E-state index in [4.69, 9.17) is 0 Å². The Balaban J connectivity index is 1.91. The number of amides is 1. The van der Waals surface area contributed by atoms with Crippen LogP contribution < -0.4 is 5.32 Å². The van der Waals surface area contributed by atoms with Gasteiger partial charge in [-0.2, -0.15) is 0 Å². The fourth-order valence-corrected chi connectivity index (χ4v) is 3.62. The molecule has 0 aromatic carbocycles. The zero-order valence-electron chi connectivity index (χ0n) is 19.3. The monoisotopic (exact) mass is 439 g/mol. The maximum absolute atomic E-state index is 11.8. The van der Waals surface area contributed by atoms with Gasteiger partial charge in [-0.3, -0.25) is 4.79 Å². The van der Waals surface area contributed by atoms with Crippen molar-refractivity contribution in [2.75, 3.05) is 6.54 Å². The lowest BCUT2D eigenvalue weighted by atomic mass is 10.2. The van der Waals surface area contributed by atoms with Gasteiger partial charge in [-0.15, -0.1) is 11.3 Å². The molecule has 0 bridgehead atoms. The predicted octanol–water partition coefficient (Wildman–Crippen LogP) is 8.11. The highest BCUT2D eigenvalue weighted by molar-refractivity contribution is 7.09. The zero-order chi connectivity index (χ0) is 22.2. The number of allylic oxidation sites excluding steroid dienone is 10. The molecule has 0 aliphatic heterocycles. The van der Waals surface area contributed by atoms with Gasteiger partial charge in [-0.1, -0.05) is 86.6 Å².